The highest BCUT2D eigenvalue weighted by molar-refractivity contribution is 7.98. The fourth-order valence-corrected chi connectivity index (χ4v) is 3.04. The van der Waals surface area contributed by atoms with Crippen molar-refractivity contribution >= 4 is 23.7 Å². The second-order valence-corrected chi connectivity index (χ2v) is 6.81. The fraction of sp³-hybridized carbons (Fsp3) is 0.250. The topological polar surface area (TPSA) is 86.5 Å². The van der Waals surface area contributed by atoms with Crippen LogP contribution < -0.4 is 14.8 Å². The number of ether oxygens (including phenoxy) is 2. The number of nitrogens with one attached hydrogen (secondary N) is 1. The lowest BCUT2D eigenvalue weighted by Gasteiger charge is -2.09. The normalized spacial score (nSPS) is 10.5. The van der Waals surface area contributed by atoms with Gasteiger partial charge in [0.05, 0.1) is 27.1 Å². The van der Waals surface area contributed by atoms with Gasteiger partial charge in [0.1, 0.15) is 11.5 Å². The van der Waals surface area contributed by atoms with Crippen LogP contribution in [0.2, 0.25) is 0 Å². The van der Waals surface area contributed by atoms with Gasteiger partial charge in [-0.15, -0.1) is 16.9 Å². The molecule has 1 N–H and O–H groups in total. The molecule has 1 aromatic heterocycles. The van der Waals surface area contributed by atoms with Crippen LogP contribution in [0, 0.1) is 0 Å². The van der Waals surface area contributed by atoms with E-state index in [0.29, 0.717) is 23.8 Å². The first-order valence-corrected chi connectivity index (χ1v) is 9.80. The van der Waals surface area contributed by atoms with E-state index in [1.165, 1.54) is 4.90 Å². The minimum atomic E-state index is -0.275. The predicted molar refractivity (Wildman–Crippen MR) is 107 cm³/mol. The molecule has 7 nitrogen and oxygen atoms in total. The molecule has 0 unspecified atom stereocenters. The van der Waals surface area contributed by atoms with E-state index in [9.17, 15) is 4.79 Å². The van der Waals surface area contributed by atoms with E-state index in [-0.39, 0.29) is 18.3 Å². The van der Waals surface area contributed by atoms with E-state index in [1.807, 2.05) is 30.5 Å². The third-order valence-electron chi connectivity index (χ3n) is 4.07. The first-order chi connectivity index (χ1) is 13.6. The summed E-state index contributed by atoms with van der Waals surface area (Å²) in [7, 11) is 3.12. The lowest BCUT2D eigenvalue weighted by atomic mass is 10.1. The second kappa shape index (κ2) is 9.27. The van der Waals surface area contributed by atoms with Crippen LogP contribution in [0.15, 0.2) is 51.8 Å². The molecule has 8 heteroatoms. The third kappa shape index (κ3) is 5.04. The molecular weight excluding hydrogens is 378 g/mol. The smallest absolute Gasteiger partial charge is 0.322 e. The number of hydrogen-bond acceptors (Lipinski definition) is 7. The van der Waals surface area contributed by atoms with Crippen molar-refractivity contribution in [3.8, 4) is 11.5 Å². The second-order valence-electron chi connectivity index (χ2n) is 5.93. The third-order valence-corrected chi connectivity index (χ3v) is 4.82. The Hall–Kier alpha value is -3.00. The zero-order valence-corrected chi connectivity index (χ0v) is 16.7. The van der Waals surface area contributed by atoms with Crippen LogP contribution in [0.1, 0.15) is 17.0 Å². The standard InChI is InChI=1S/C20H21N3O4S/c1-25-15-7-6-14(17(12-15)26-2)11-18(24)21-20-23-22-19(27-20)10-13-4-8-16(28-3)9-5-13/h4-9,12H,10-11H2,1-3H3,(H,21,23,24). The van der Waals surface area contributed by atoms with Crippen molar-refractivity contribution in [2.75, 3.05) is 25.8 Å². The number of methoxy groups -OCH3 is 2. The van der Waals surface area contributed by atoms with Crippen LogP contribution in [-0.4, -0.2) is 36.6 Å². The minimum Gasteiger partial charge on any atom is -0.497 e. The zero-order chi connectivity index (χ0) is 19.9. The molecule has 0 aliphatic heterocycles. The Morgan fingerprint density at radius 2 is 1.89 bits per heavy atom. The summed E-state index contributed by atoms with van der Waals surface area (Å²) in [5, 5.41) is 10.5. The summed E-state index contributed by atoms with van der Waals surface area (Å²) in [5.41, 5.74) is 1.79. The largest absolute Gasteiger partial charge is 0.497 e. The van der Waals surface area contributed by atoms with Gasteiger partial charge in [-0.2, -0.15) is 0 Å². The maximum absolute atomic E-state index is 12.3. The van der Waals surface area contributed by atoms with Gasteiger partial charge in [0, 0.05) is 16.5 Å². The predicted octanol–water partition coefficient (Wildman–Crippen LogP) is 3.58. The molecule has 0 atom stereocenters. The molecular formula is C20H21N3O4S. The van der Waals surface area contributed by atoms with Crippen LogP contribution in [0.3, 0.4) is 0 Å². The summed E-state index contributed by atoms with van der Waals surface area (Å²) in [5.74, 6) is 1.40. The summed E-state index contributed by atoms with van der Waals surface area (Å²) in [6.07, 6.45) is 2.65. The van der Waals surface area contributed by atoms with Gasteiger partial charge in [-0.3, -0.25) is 10.1 Å². The highest BCUT2D eigenvalue weighted by Gasteiger charge is 2.14. The van der Waals surface area contributed by atoms with Crippen LogP contribution in [-0.2, 0) is 17.6 Å². The average Bonchev–Trinajstić information content (AvgIpc) is 3.15. The molecule has 0 saturated carbocycles. The molecule has 1 amide bonds. The summed E-state index contributed by atoms with van der Waals surface area (Å²) in [6.45, 7) is 0. The summed E-state index contributed by atoms with van der Waals surface area (Å²) < 4.78 is 16.0. The Balaban J connectivity index is 1.60. The van der Waals surface area contributed by atoms with Crippen molar-refractivity contribution in [1.82, 2.24) is 10.2 Å². The van der Waals surface area contributed by atoms with Crippen molar-refractivity contribution in [1.29, 1.82) is 0 Å². The Bertz CT molecular complexity index is 941. The first kappa shape index (κ1) is 19.8. The molecule has 3 aromatic rings. The van der Waals surface area contributed by atoms with Crippen LogP contribution in [0.5, 0.6) is 11.5 Å². The molecule has 1 heterocycles. The van der Waals surface area contributed by atoms with Gasteiger partial charge in [0.2, 0.25) is 11.8 Å². The van der Waals surface area contributed by atoms with Crippen molar-refractivity contribution in [2.45, 2.75) is 17.7 Å². The Morgan fingerprint density at radius 1 is 1.11 bits per heavy atom. The molecule has 3 rings (SSSR count). The van der Waals surface area contributed by atoms with E-state index in [0.717, 1.165) is 11.1 Å². The number of benzene rings is 2. The molecule has 0 fully saturated rings. The Labute approximate surface area is 167 Å². The van der Waals surface area contributed by atoms with Crippen LogP contribution >= 0.6 is 11.8 Å². The maximum atomic E-state index is 12.3. The van der Waals surface area contributed by atoms with Crippen molar-refractivity contribution in [2.24, 2.45) is 0 Å². The van der Waals surface area contributed by atoms with Crippen LogP contribution in [0.4, 0.5) is 6.01 Å². The number of aromatic nitrogens is 2. The van der Waals surface area contributed by atoms with Gasteiger partial charge in [0.15, 0.2) is 0 Å². The number of carbonyl (C=O) groups excluding carboxylic acids is 1. The first-order valence-electron chi connectivity index (χ1n) is 8.57. The van der Waals surface area contributed by atoms with Gasteiger partial charge >= 0.3 is 6.01 Å². The number of rotatable bonds is 8. The molecule has 0 spiro atoms. The van der Waals surface area contributed by atoms with Gasteiger partial charge in [-0.1, -0.05) is 23.3 Å². The fourth-order valence-electron chi connectivity index (χ4n) is 2.63. The number of amides is 1. The van der Waals surface area contributed by atoms with Crippen molar-refractivity contribution < 1.29 is 18.7 Å². The average molecular weight is 399 g/mol. The molecule has 0 aliphatic carbocycles. The van der Waals surface area contributed by atoms with Gasteiger partial charge in [0.25, 0.3) is 0 Å². The van der Waals surface area contributed by atoms with Gasteiger partial charge in [-0.05, 0) is 30.0 Å². The number of carbonyl (C=O) groups is 1. The lowest BCUT2D eigenvalue weighted by molar-refractivity contribution is -0.115. The maximum Gasteiger partial charge on any atom is 0.322 e. The van der Waals surface area contributed by atoms with Crippen molar-refractivity contribution in [3.05, 3.63) is 59.5 Å². The number of hydrogen-bond donors (Lipinski definition) is 1. The summed E-state index contributed by atoms with van der Waals surface area (Å²) in [4.78, 5) is 13.5. The quantitative estimate of drug-likeness (QED) is 0.579. The zero-order valence-electron chi connectivity index (χ0n) is 15.9. The van der Waals surface area contributed by atoms with E-state index in [1.54, 1.807) is 44.2 Å². The van der Waals surface area contributed by atoms with E-state index in [2.05, 4.69) is 15.5 Å². The molecule has 0 radical (unpaired) electrons. The minimum absolute atomic E-state index is 0.0770. The van der Waals surface area contributed by atoms with Crippen LogP contribution in [0.25, 0.3) is 0 Å². The summed E-state index contributed by atoms with van der Waals surface area (Å²) in [6, 6.07) is 13.5. The number of anilines is 1. The Kier molecular flexibility index (Phi) is 6.54. The van der Waals surface area contributed by atoms with E-state index < -0.39 is 0 Å². The molecule has 28 heavy (non-hydrogen) atoms. The number of nitrogens with zero attached hydrogens (tertiary/aromatic N) is 2. The van der Waals surface area contributed by atoms with Gasteiger partial charge < -0.3 is 13.9 Å². The van der Waals surface area contributed by atoms with E-state index in [4.69, 9.17) is 13.9 Å². The molecule has 0 bridgehead atoms. The highest BCUT2D eigenvalue weighted by Crippen LogP contribution is 2.25. The highest BCUT2D eigenvalue weighted by atomic mass is 32.2. The monoisotopic (exact) mass is 399 g/mol. The van der Waals surface area contributed by atoms with Gasteiger partial charge in [-0.25, -0.2) is 0 Å². The van der Waals surface area contributed by atoms with Crippen molar-refractivity contribution in [3.63, 3.8) is 0 Å². The molecule has 146 valence electrons. The number of thioether (sulfide) groups is 1. The molecule has 0 aliphatic rings. The molecule has 2 aromatic carbocycles. The van der Waals surface area contributed by atoms with E-state index >= 15 is 0 Å². The SMILES string of the molecule is COc1ccc(CC(=O)Nc2nnc(Cc3ccc(SC)cc3)o2)c(OC)c1. The lowest BCUT2D eigenvalue weighted by Crippen LogP contribution is -2.15. The Morgan fingerprint density at radius 3 is 2.57 bits per heavy atom. The summed E-state index contributed by atoms with van der Waals surface area (Å²) >= 11 is 1.69. The molecule has 0 saturated heterocycles.